The number of ketones is 1. The number of rotatable bonds is 5. The molecule has 6 nitrogen and oxygen atoms in total. The first-order valence-electron chi connectivity index (χ1n) is 8.35. The molecule has 2 aromatic rings. The highest BCUT2D eigenvalue weighted by Crippen LogP contribution is 2.18. The minimum atomic E-state index is -3.45. The van der Waals surface area contributed by atoms with Gasteiger partial charge in [-0.3, -0.25) is 9.69 Å². The summed E-state index contributed by atoms with van der Waals surface area (Å²) in [6.45, 7) is 6.05. The first kappa shape index (κ1) is 17.8. The van der Waals surface area contributed by atoms with Crippen molar-refractivity contribution in [2.75, 3.05) is 32.7 Å². The largest absolute Gasteiger partial charge is 0.362 e. The van der Waals surface area contributed by atoms with Gasteiger partial charge in [0.25, 0.3) is 0 Å². The third kappa shape index (κ3) is 3.84. The zero-order chi connectivity index (χ0) is 18.0. The molecule has 0 spiro atoms. The van der Waals surface area contributed by atoms with Crippen LogP contribution in [0.1, 0.15) is 21.7 Å². The molecule has 1 saturated heterocycles. The van der Waals surface area contributed by atoms with Gasteiger partial charge < -0.3 is 4.98 Å². The van der Waals surface area contributed by atoms with Crippen molar-refractivity contribution in [3.63, 3.8) is 0 Å². The Morgan fingerprint density at radius 3 is 2.28 bits per heavy atom. The minimum Gasteiger partial charge on any atom is -0.362 e. The monoisotopic (exact) mass is 361 g/mol. The van der Waals surface area contributed by atoms with Crippen molar-refractivity contribution in [2.24, 2.45) is 0 Å². The lowest BCUT2D eigenvalue weighted by Crippen LogP contribution is -2.49. The van der Waals surface area contributed by atoms with Crippen LogP contribution in [0.4, 0.5) is 0 Å². The van der Waals surface area contributed by atoms with Crippen molar-refractivity contribution in [2.45, 2.75) is 18.7 Å². The molecule has 0 amide bonds. The van der Waals surface area contributed by atoms with Crippen LogP contribution in [-0.2, 0) is 10.0 Å². The predicted molar refractivity (Wildman–Crippen MR) is 96.2 cm³/mol. The highest BCUT2D eigenvalue weighted by atomic mass is 32.2. The summed E-state index contributed by atoms with van der Waals surface area (Å²) in [6.07, 6.45) is 0. The van der Waals surface area contributed by atoms with E-state index in [2.05, 4.69) is 4.98 Å². The number of carbonyl (C=O) groups is 1. The van der Waals surface area contributed by atoms with Gasteiger partial charge in [-0.25, -0.2) is 8.42 Å². The number of piperazine rings is 1. The quantitative estimate of drug-likeness (QED) is 0.825. The number of aryl methyl sites for hydroxylation is 2. The summed E-state index contributed by atoms with van der Waals surface area (Å²) in [5.41, 5.74) is 2.57. The van der Waals surface area contributed by atoms with Gasteiger partial charge in [-0.2, -0.15) is 4.31 Å². The Hall–Kier alpha value is -1.96. The maximum atomic E-state index is 12.6. The van der Waals surface area contributed by atoms with Crippen LogP contribution < -0.4 is 0 Å². The summed E-state index contributed by atoms with van der Waals surface area (Å²) in [4.78, 5) is 17.9. The molecule has 3 rings (SSSR count). The van der Waals surface area contributed by atoms with Crippen LogP contribution in [0.15, 0.2) is 41.3 Å². The Morgan fingerprint density at radius 1 is 1.08 bits per heavy atom. The topological polar surface area (TPSA) is 73.5 Å². The second-order valence-electron chi connectivity index (χ2n) is 6.41. The van der Waals surface area contributed by atoms with Gasteiger partial charge in [-0.05, 0) is 32.0 Å². The molecule has 1 aliphatic heterocycles. The number of nitrogens with one attached hydrogen (secondary N) is 1. The van der Waals surface area contributed by atoms with Crippen LogP contribution in [0.5, 0.6) is 0 Å². The molecule has 7 heteroatoms. The van der Waals surface area contributed by atoms with Crippen molar-refractivity contribution in [1.82, 2.24) is 14.2 Å². The molecule has 0 saturated carbocycles. The van der Waals surface area contributed by atoms with Crippen molar-refractivity contribution in [1.29, 1.82) is 0 Å². The molecule has 0 bridgehead atoms. The number of Topliss-reactive ketones (excluding diaryl/α,β-unsaturated/α-hetero) is 1. The molecule has 0 atom stereocenters. The molecule has 2 heterocycles. The summed E-state index contributed by atoms with van der Waals surface area (Å²) in [7, 11) is -3.45. The summed E-state index contributed by atoms with van der Waals surface area (Å²) < 4.78 is 26.7. The third-order valence-electron chi connectivity index (χ3n) is 4.53. The number of aromatic nitrogens is 1. The van der Waals surface area contributed by atoms with Crippen LogP contribution in [0.3, 0.4) is 0 Å². The minimum absolute atomic E-state index is 0.0706. The molecular formula is C18H23N3O3S. The second-order valence-corrected chi connectivity index (χ2v) is 8.35. The number of H-pyrrole nitrogens is 1. The summed E-state index contributed by atoms with van der Waals surface area (Å²) in [6, 6.07) is 10.3. The Kier molecular flexibility index (Phi) is 5.08. The van der Waals surface area contributed by atoms with Crippen molar-refractivity contribution < 1.29 is 13.2 Å². The molecule has 1 aromatic carbocycles. The first-order chi connectivity index (χ1) is 11.9. The molecular weight excluding hydrogens is 338 g/mol. The predicted octanol–water partition coefficient (Wildman–Crippen LogP) is 1.82. The number of carbonyl (C=O) groups excluding carboxylic acids is 1. The summed E-state index contributed by atoms with van der Waals surface area (Å²) in [5.74, 6) is 0.0706. The van der Waals surface area contributed by atoms with Crippen LogP contribution >= 0.6 is 0 Å². The van der Waals surface area contributed by atoms with E-state index in [1.807, 2.05) is 24.8 Å². The van der Waals surface area contributed by atoms with Gasteiger partial charge in [0, 0.05) is 43.1 Å². The van der Waals surface area contributed by atoms with Gasteiger partial charge in [-0.15, -0.1) is 0 Å². The Bertz CT molecular complexity index is 851. The van der Waals surface area contributed by atoms with Gasteiger partial charge in [0.15, 0.2) is 5.78 Å². The zero-order valence-electron chi connectivity index (χ0n) is 14.5. The molecule has 1 fully saturated rings. The highest BCUT2D eigenvalue weighted by molar-refractivity contribution is 7.89. The van der Waals surface area contributed by atoms with E-state index < -0.39 is 10.0 Å². The lowest BCUT2D eigenvalue weighted by Gasteiger charge is -2.33. The zero-order valence-corrected chi connectivity index (χ0v) is 15.3. The Balaban J connectivity index is 1.61. The van der Waals surface area contributed by atoms with E-state index >= 15 is 0 Å². The highest BCUT2D eigenvalue weighted by Gasteiger charge is 2.29. The van der Waals surface area contributed by atoms with Crippen LogP contribution in [-0.4, -0.2) is 61.1 Å². The smallest absolute Gasteiger partial charge is 0.243 e. The number of sulfonamides is 1. The van der Waals surface area contributed by atoms with Crippen LogP contribution in [0.2, 0.25) is 0 Å². The molecule has 1 N–H and O–H groups in total. The number of hydrogen-bond donors (Lipinski definition) is 1. The second kappa shape index (κ2) is 7.11. The maximum Gasteiger partial charge on any atom is 0.243 e. The van der Waals surface area contributed by atoms with Gasteiger partial charge in [0.1, 0.15) is 0 Å². The van der Waals surface area contributed by atoms with E-state index in [0.717, 1.165) is 17.0 Å². The van der Waals surface area contributed by atoms with Gasteiger partial charge >= 0.3 is 0 Å². The Labute approximate surface area is 148 Å². The molecule has 25 heavy (non-hydrogen) atoms. The van der Waals surface area contributed by atoms with Gasteiger partial charge in [-0.1, -0.05) is 18.2 Å². The molecule has 134 valence electrons. The van der Waals surface area contributed by atoms with Crippen molar-refractivity contribution in [3.8, 4) is 0 Å². The third-order valence-corrected chi connectivity index (χ3v) is 6.44. The average Bonchev–Trinajstić information content (AvgIpc) is 2.94. The normalized spacial score (nSPS) is 16.9. The SMILES string of the molecule is Cc1cc(C(=O)CN2CCN(S(=O)(=O)c3ccccc3)CC2)c(C)[nH]1. The molecule has 1 aromatic heterocycles. The van der Waals surface area contributed by atoms with E-state index in [0.29, 0.717) is 37.6 Å². The van der Waals surface area contributed by atoms with Crippen LogP contribution in [0, 0.1) is 13.8 Å². The molecule has 0 unspecified atom stereocenters. The van der Waals surface area contributed by atoms with Crippen molar-refractivity contribution in [3.05, 3.63) is 53.3 Å². The number of benzene rings is 1. The molecule has 0 aliphatic carbocycles. The van der Waals surface area contributed by atoms with Gasteiger partial charge in [0.05, 0.1) is 11.4 Å². The number of nitrogens with zero attached hydrogens (tertiary/aromatic N) is 2. The standard InChI is InChI=1S/C18H23N3O3S/c1-14-12-17(15(2)19-14)18(22)13-20-8-10-21(11-9-20)25(23,24)16-6-4-3-5-7-16/h3-7,12,19H,8-11,13H2,1-2H3. The lowest BCUT2D eigenvalue weighted by atomic mass is 10.1. The maximum absolute atomic E-state index is 12.6. The average molecular weight is 361 g/mol. The summed E-state index contributed by atoms with van der Waals surface area (Å²) >= 11 is 0. The van der Waals surface area contributed by atoms with Crippen molar-refractivity contribution >= 4 is 15.8 Å². The fourth-order valence-electron chi connectivity index (χ4n) is 3.17. The first-order valence-corrected chi connectivity index (χ1v) is 9.79. The number of hydrogen-bond acceptors (Lipinski definition) is 4. The van der Waals surface area contributed by atoms with Gasteiger partial charge in [0.2, 0.25) is 10.0 Å². The molecule has 1 aliphatic rings. The lowest BCUT2D eigenvalue weighted by molar-refractivity contribution is 0.0901. The van der Waals surface area contributed by atoms with E-state index in [1.165, 1.54) is 4.31 Å². The van der Waals surface area contributed by atoms with E-state index in [-0.39, 0.29) is 5.78 Å². The number of aromatic amines is 1. The summed E-state index contributed by atoms with van der Waals surface area (Å²) in [5, 5.41) is 0. The molecule has 0 radical (unpaired) electrons. The van der Waals surface area contributed by atoms with E-state index in [9.17, 15) is 13.2 Å². The van der Waals surface area contributed by atoms with E-state index in [4.69, 9.17) is 0 Å². The van der Waals surface area contributed by atoms with E-state index in [1.54, 1.807) is 30.3 Å². The fraction of sp³-hybridized carbons (Fsp3) is 0.389. The van der Waals surface area contributed by atoms with Crippen LogP contribution in [0.25, 0.3) is 0 Å². The fourth-order valence-corrected chi connectivity index (χ4v) is 4.61. The Morgan fingerprint density at radius 2 is 1.72 bits per heavy atom.